The molecular formula is C26H27ClO2. The Morgan fingerprint density at radius 1 is 1.03 bits per heavy atom. The third kappa shape index (κ3) is 3.96. The fourth-order valence-electron chi connectivity index (χ4n) is 5.00. The van der Waals surface area contributed by atoms with Crippen LogP contribution in [-0.2, 0) is 16.0 Å². The second-order valence-corrected chi connectivity index (χ2v) is 8.84. The van der Waals surface area contributed by atoms with Crippen molar-refractivity contribution in [3.63, 3.8) is 0 Å². The van der Waals surface area contributed by atoms with Crippen LogP contribution < -0.4 is 0 Å². The monoisotopic (exact) mass is 406 g/mol. The topological polar surface area (TPSA) is 34.1 Å². The number of carbonyl (C=O) groups is 2. The van der Waals surface area contributed by atoms with Gasteiger partial charge in [0.25, 0.3) is 0 Å². The smallest absolute Gasteiger partial charge is 0.166 e. The molecule has 3 heteroatoms. The number of carbonyl (C=O) groups excluding carboxylic acids is 2. The molecule has 2 bridgehead atoms. The van der Waals surface area contributed by atoms with Crippen LogP contribution >= 0.6 is 11.6 Å². The molecule has 1 fully saturated rings. The third-order valence-corrected chi connectivity index (χ3v) is 6.80. The van der Waals surface area contributed by atoms with E-state index in [1.54, 1.807) is 6.92 Å². The highest BCUT2D eigenvalue weighted by molar-refractivity contribution is 6.30. The molecule has 4 rings (SSSR count). The first kappa shape index (κ1) is 20.1. The second-order valence-electron chi connectivity index (χ2n) is 8.41. The van der Waals surface area contributed by atoms with Crippen molar-refractivity contribution in [3.05, 3.63) is 64.2 Å². The molecule has 2 aromatic rings. The zero-order valence-corrected chi connectivity index (χ0v) is 17.9. The highest BCUT2D eigenvalue weighted by atomic mass is 35.5. The molecule has 150 valence electrons. The van der Waals surface area contributed by atoms with Crippen LogP contribution in [0.25, 0.3) is 16.7 Å². The lowest BCUT2D eigenvalue weighted by Gasteiger charge is -2.27. The van der Waals surface area contributed by atoms with Gasteiger partial charge in [-0.2, -0.15) is 0 Å². The van der Waals surface area contributed by atoms with E-state index in [0.29, 0.717) is 18.1 Å². The lowest BCUT2D eigenvalue weighted by atomic mass is 9.76. The summed E-state index contributed by atoms with van der Waals surface area (Å²) in [5.74, 6) is 1.12. The molecule has 0 amide bonds. The average molecular weight is 407 g/mol. The van der Waals surface area contributed by atoms with E-state index in [0.717, 1.165) is 59.4 Å². The predicted octanol–water partition coefficient (Wildman–Crippen LogP) is 6.69. The van der Waals surface area contributed by atoms with E-state index in [9.17, 15) is 9.59 Å². The Balaban J connectivity index is 1.80. The molecule has 0 saturated heterocycles. The zero-order chi connectivity index (χ0) is 20.5. The first-order valence-corrected chi connectivity index (χ1v) is 11.0. The first-order valence-electron chi connectivity index (χ1n) is 10.6. The Morgan fingerprint density at radius 2 is 1.72 bits per heavy atom. The van der Waals surface area contributed by atoms with Crippen LogP contribution in [-0.4, -0.2) is 11.6 Å². The van der Waals surface area contributed by atoms with Crippen LogP contribution in [0.2, 0.25) is 5.02 Å². The third-order valence-electron chi connectivity index (χ3n) is 6.54. The maximum atomic E-state index is 13.3. The van der Waals surface area contributed by atoms with Gasteiger partial charge in [0.2, 0.25) is 0 Å². The Kier molecular flexibility index (Phi) is 5.74. The van der Waals surface area contributed by atoms with Crippen molar-refractivity contribution in [1.82, 2.24) is 0 Å². The fraction of sp³-hybridized carbons (Fsp3) is 0.385. The Bertz CT molecular complexity index is 984. The van der Waals surface area contributed by atoms with Crippen molar-refractivity contribution in [2.75, 3.05) is 0 Å². The molecule has 2 aliphatic carbocycles. The Hall–Kier alpha value is -2.19. The van der Waals surface area contributed by atoms with Gasteiger partial charge >= 0.3 is 0 Å². The molecular weight excluding hydrogens is 380 g/mol. The molecule has 29 heavy (non-hydrogen) atoms. The van der Waals surface area contributed by atoms with E-state index in [4.69, 9.17) is 11.6 Å². The van der Waals surface area contributed by atoms with Crippen LogP contribution in [0.1, 0.15) is 57.1 Å². The molecule has 2 nitrogen and oxygen atoms in total. The van der Waals surface area contributed by atoms with E-state index < -0.39 is 0 Å². The summed E-state index contributed by atoms with van der Waals surface area (Å²) in [6.07, 6.45) is 5.15. The van der Waals surface area contributed by atoms with Crippen molar-refractivity contribution in [1.29, 1.82) is 0 Å². The van der Waals surface area contributed by atoms with Crippen molar-refractivity contribution >= 4 is 28.7 Å². The number of fused-ring (bicyclic) bond motifs is 2. The van der Waals surface area contributed by atoms with Gasteiger partial charge in [-0.1, -0.05) is 54.4 Å². The minimum absolute atomic E-state index is 0.164. The SMILES string of the molecule is CCc1cc(-c2ccc(Cl)cc2)ccc1C1=C(CCC(C)=O)[C@@H]2CC[C@@H](C2)C1=O. The summed E-state index contributed by atoms with van der Waals surface area (Å²) in [7, 11) is 0. The summed E-state index contributed by atoms with van der Waals surface area (Å²) in [6, 6.07) is 14.3. The maximum Gasteiger partial charge on any atom is 0.166 e. The van der Waals surface area contributed by atoms with Crippen LogP contribution in [0.15, 0.2) is 48.0 Å². The predicted molar refractivity (Wildman–Crippen MR) is 119 cm³/mol. The lowest BCUT2D eigenvalue weighted by molar-refractivity contribution is -0.118. The van der Waals surface area contributed by atoms with Crippen molar-refractivity contribution in [2.45, 2.75) is 52.4 Å². The zero-order valence-electron chi connectivity index (χ0n) is 17.1. The second kappa shape index (κ2) is 8.28. The van der Waals surface area contributed by atoms with Gasteiger partial charge in [-0.05, 0) is 79.3 Å². The standard InChI is InChI=1S/C26H27ClO2/c1-3-17-14-19(18-7-10-22(27)11-8-18)9-13-23(17)25-24(12-4-16(2)28)20-5-6-21(15-20)26(25)29/h7-11,13-14,20-21H,3-6,12,15H2,1-2H3/t20-,21+/m1/s1. The highest BCUT2D eigenvalue weighted by Crippen LogP contribution is 2.48. The summed E-state index contributed by atoms with van der Waals surface area (Å²) in [6.45, 7) is 3.78. The van der Waals surface area contributed by atoms with E-state index in [1.165, 1.54) is 11.1 Å². The van der Waals surface area contributed by atoms with Gasteiger partial charge < -0.3 is 4.79 Å². The summed E-state index contributed by atoms with van der Waals surface area (Å²) < 4.78 is 0. The van der Waals surface area contributed by atoms with Crippen LogP contribution in [0.4, 0.5) is 0 Å². The molecule has 0 aromatic heterocycles. The molecule has 2 aromatic carbocycles. The molecule has 0 radical (unpaired) electrons. The number of hydrogen-bond acceptors (Lipinski definition) is 2. The van der Waals surface area contributed by atoms with Crippen molar-refractivity contribution in [3.8, 4) is 11.1 Å². The Morgan fingerprint density at radius 3 is 2.41 bits per heavy atom. The van der Waals surface area contributed by atoms with E-state index in [-0.39, 0.29) is 11.7 Å². The van der Waals surface area contributed by atoms with Gasteiger partial charge in [-0.15, -0.1) is 0 Å². The number of halogens is 1. The summed E-state index contributed by atoms with van der Waals surface area (Å²) in [5.41, 5.74) is 6.68. The minimum Gasteiger partial charge on any atom is -0.300 e. The largest absolute Gasteiger partial charge is 0.300 e. The normalized spacial score (nSPS) is 21.0. The van der Waals surface area contributed by atoms with Crippen LogP contribution in [0.3, 0.4) is 0 Å². The van der Waals surface area contributed by atoms with E-state index in [2.05, 4.69) is 25.1 Å². The number of aryl methyl sites for hydroxylation is 1. The summed E-state index contributed by atoms with van der Waals surface area (Å²) in [4.78, 5) is 25.0. The van der Waals surface area contributed by atoms with Crippen molar-refractivity contribution < 1.29 is 9.59 Å². The van der Waals surface area contributed by atoms with Gasteiger partial charge in [-0.3, -0.25) is 4.79 Å². The number of Topliss-reactive ketones (excluding diaryl/α,β-unsaturated/α-hetero) is 2. The number of hydrogen-bond donors (Lipinski definition) is 0. The van der Waals surface area contributed by atoms with Gasteiger partial charge in [0, 0.05) is 22.9 Å². The Labute approximate surface area is 178 Å². The van der Waals surface area contributed by atoms with E-state index in [1.807, 2.05) is 24.3 Å². The molecule has 0 unspecified atom stereocenters. The van der Waals surface area contributed by atoms with Gasteiger partial charge in [0.1, 0.15) is 5.78 Å². The maximum absolute atomic E-state index is 13.3. The molecule has 2 aliphatic rings. The van der Waals surface area contributed by atoms with Gasteiger partial charge in [0.05, 0.1) is 0 Å². The molecule has 0 heterocycles. The van der Waals surface area contributed by atoms with E-state index >= 15 is 0 Å². The molecule has 0 aliphatic heterocycles. The number of benzene rings is 2. The number of ketones is 2. The van der Waals surface area contributed by atoms with Gasteiger partial charge in [0.15, 0.2) is 5.78 Å². The minimum atomic E-state index is 0.164. The van der Waals surface area contributed by atoms with Crippen LogP contribution in [0, 0.1) is 11.8 Å². The number of rotatable bonds is 6. The quantitative estimate of drug-likeness (QED) is 0.535. The first-order chi connectivity index (χ1) is 14.0. The van der Waals surface area contributed by atoms with Crippen LogP contribution in [0.5, 0.6) is 0 Å². The molecule has 2 atom stereocenters. The molecule has 0 spiro atoms. The number of allylic oxidation sites excluding steroid dienone is 2. The molecule has 0 N–H and O–H groups in total. The summed E-state index contributed by atoms with van der Waals surface area (Å²) >= 11 is 6.03. The lowest BCUT2D eigenvalue weighted by Crippen LogP contribution is -2.22. The molecule has 1 saturated carbocycles. The van der Waals surface area contributed by atoms with Crippen molar-refractivity contribution in [2.24, 2.45) is 11.8 Å². The average Bonchev–Trinajstić information content (AvgIpc) is 3.16. The van der Waals surface area contributed by atoms with Gasteiger partial charge in [-0.25, -0.2) is 0 Å². The fourth-order valence-corrected chi connectivity index (χ4v) is 5.13. The summed E-state index contributed by atoms with van der Waals surface area (Å²) in [5, 5.41) is 0.727. The highest BCUT2D eigenvalue weighted by Gasteiger charge is 2.40.